The summed E-state index contributed by atoms with van der Waals surface area (Å²) in [5, 5.41) is 0. The zero-order valence-electron chi connectivity index (χ0n) is 25.9. The molecule has 2 unspecified atom stereocenters. The Hall–Kier alpha value is -1.69. The van der Waals surface area contributed by atoms with Crippen LogP contribution in [0.1, 0.15) is 82.1 Å². The van der Waals surface area contributed by atoms with Crippen LogP contribution in [-0.2, 0) is 47.4 Å². The molecule has 0 heterocycles. The van der Waals surface area contributed by atoms with E-state index in [-0.39, 0.29) is 69.9 Å². The number of carbonyl (C=O) groups is 1. The maximum absolute atomic E-state index is 13.4. The first-order valence-electron chi connectivity index (χ1n) is 14.4. The standard InChI is InChI=1S/C29H52O10/c1-12-21-26(33-15-4)23(31-13-2)24(32-14-3)27(34-16-5,39-25(30)22(10)11)29(37-19-8,38-20-9)28(26,35-17-6)36-18-7/h10,12-21H2,1-9,11H3. The largest absolute Gasteiger partial charge is 0.491 e. The van der Waals surface area contributed by atoms with Gasteiger partial charge in [-0.2, -0.15) is 0 Å². The SMILES string of the molecule is C=C(C)C(=O)OC1(OCC)C(OCC)=C(OCC)C(CCC)(OCC)C(OCC)(OCC)C1(OCC)OCC. The molecular formula is C29H52O10. The van der Waals surface area contributed by atoms with Crippen LogP contribution in [-0.4, -0.2) is 81.8 Å². The third-order valence-electron chi connectivity index (χ3n) is 6.16. The van der Waals surface area contributed by atoms with Gasteiger partial charge in [0.25, 0.3) is 5.79 Å². The number of carbonyl (C=O) groups excluding carboxylic acids is 1. The molecule has 0 fully saturated rings. The Morgan fingerprint density at radius 1 is 0.615 bits per heavy atom. The molecule has 39 heavy (non-hydrogen) atoms. The lowest BCUT2D eigenvalue weighted by molar-refractivity contribution is -0.519. The third-order valence-corrected chi connectivity index (χ3v) is 6.16. The lowest BCUT2D eigenvalue weighted by atomic mass is 9.70. The molecule has 0 aliphatic heterocycles. The number of rotatable bonds is 20. The van der Waals surface area contributed by atoms with Crippen molar-refractivity contribution in [2.75, 3.05) is 52.9 Å². The second-order valence-electron chi connectivity index (χ2n) is 8.72. The molecule has 0 saturated heterocycles. The van der Waals surface area contributed by atoms with E-state index in [4.69, 9.17) is 42.6 Å². The van der Waals surface area contributed by atoms with Crippen molar-refractivity contribution in [2.24, 2.45) is 0 Å². The van der Waals surface area contributed by atoms with Crippen molar-refractivity contribution in [2.45, 2.75) is 105 Å². The summed E-state index contributed by atoms with van der Waals surface area (Å²) in [6, 6.07) is 0. The minimum atomic E-state index is -2.18. The van der Waals surface area contributed by atoms with Crippen LogP contribution in [0.4, 0.5) is 0 Å². The second kappa shape index (κ2) is 15.9. The van der Waals surface area contributed by atoms with Crippen LogP contribution >= 0.6 is 0 Å². The minimum Gasteiger partial charge on any atom is -0.491 e. The van der Waals surface area contributed by atoms with Gasteiger partial charge in [-0.3, -0.25) is 0 Å². The lowest BCUT2D eigenvalue weighted by Gasteiger charge is -2.63. The molecule has 0 spiro atoms. The van der Waals surface area contributed by atoms with Gasteiger partial charge >= 0.3 is 17.5 Å². The average molecular weight is 561 g/mol. The minimum absolute atomic E-state index is 0.0575. The van der Waals surface area contributed by atoms with Crippen LogP contribution in [0.2, 0.25) is 0 Å². The third kappa shape index (κ3) is 6.01. The number of ether oxygens (including phenoxy) is 9. The van der Waals surface area contributed by atoms with Crippen LogP contribution in [0.25, 0.3) is 0 Å². The average Bonchev–Trinajstić information content (AvgIpc) is 2.89. The molecule has 0 aromatic rings. The van der Waals surface area contributed by atoms with Crippen molar-refractivity contribution >= 4 is 5.97 Å². The highest BCUT2D eigenvalue weighted by molar-refractivity contribution is 5.87. The molecule has 1 aliphatic carbocycles. The van der Waals surface area contributed by atoms with E-state index >= 15 is 0 Å². The van der Waals surface area contributed by atoms with Gasteiger partial charge in [-0.15, -0.1) is 0 Å². The van der Waals surface area contributed by atoms with Crippen LogP contribution < -0.4 is 0 Å². The van der Waals surface area contributed by atoms with E-state index in [9.17, 15) is 4.79 Å². The number of hydrogen-bond donors (Lipinski definition) is 0. The summed E-state index contributed by atoms with van der Waals surface area (Å²) in [5.41, 5.74) is -1.32. The van der Waals surface area contributed by atoms with E-state index in [0.717, 1.165) is 0 Å². The Kier molecular flexibility index (Phi) is 14.4. The van der Waals surface area contributed by atoms with Gasteiger partial charge < -0.3 is 42.6 Å². The fourth-order valence-electron chi connectivity index (χ4n) is 5.28. The molecule has 10 nitrogen and oxygen atoms in total. The smallest absolute Gasteiger partial charge is 0.337 e. The maximum Gasteiger partial charge on any atom is 0.337 e. The zero-order chi connectivity index (χ0) is 29.7. The number of hydrogen-bond acceptors (Lipinski definition) is 10. The first-order valence-corrected chi connectivity index (χ1v) is 14.4. The maximum atomic E-state index is 13.4. The Bertz CT molecular complexity index is 790. The van der Waals surface area contributed by atoms with E-state index in [2.05, 4.69) is 6.58 Å². The number of esters is 1. The van der Waals surface area contributed by atoms with E-state index in [0.29, 0.717) is 12.8 Å². The highest BCUT2D eigenvalue weighted by Gasteiger charge is 2.85. The van der Waals surface area contributed by atoms with Gasteiger partial charge in [0.15, 0.2) is 11.4 Å². The Morgan fingerprint density at radius 2 is 1.05 bits per heavy atom. The fraction of sp³-hybridized carbons (Fsp3) is 0.828. The molecule has 10 heteroatoms. The summed E-state index contributed by atoms with van der Waals surface area (Å²) in [6.45, 7) is 23.2. The van der Waals surface area contributed by atoms with Crippen molar-refractivity contribution in [3.8, 4) is 0 Å². The van der Waals surface area contributed by atoms with Gasteiger partial charge in [0.2, 0.25) is 5.76 Å². The molecule has 228 valence electrons. The van der Waals surface area contributed by atoms with Gasteiger partial charge in [-0.1, -0.05) is 19.9 Å². The van der Waals surface area contributed by atoms with Crippen molar-refractivity contribution in [1.29, 1.82) is 0 Å². The summed E-state index contributed by atoms with van der Waals surface area (Å²) in [5.74, 6) is -6.61. The Morgan fingerprint density at radius 3 is 1.44 bits per heavy atom. The van der Waals surface area contributed by atoms with Crippen molar-refractivity contribution in [3.05, 3.63) is 23.7 Å². The quantitative estimate of drug-likeness (QED) is 0.111. The summed E-state index contributed by atoms with van der Waals surface area (Å²) in [4.78, 5) is 13.4. The summed E-state index contributed by atoms with van der Waals surface area (Å²) >= 11 is 0. The normalized spacial score (nSPS) is 23.9. The molecule has 0 saturated carbocycles. The van der Waals surface area contributed by atoms with Crippen LogP contribution in [0.15, 0.2) is 23.7 Å². The highest BCUT2D eigenvalue weighted by Crippen LogP contribution is 2.61. The molecule has 0 radical (unpaired) electrons. The van der Waals surface area contributed by atoms with Crippen LogP contribution in [0, 0.1) is 0 Å². The fourth-order valence-corrected chi connectivity index (χ4v) is 5.28. The Labute approximate surface area is 235 Å². The molecule has 1 rings (SSSR count). The second-order valence-corrected chi connectivity index (χ2v) is 8.72. The van der Waals surface area contributed by atoms with Crippen molar-refractivity contribution in [3.63, 3.8) is 0 Å². The molecule has 1 aliphatic rings. The molecule has 0 amide bonds. The predicted molar refractivity (Wildman–Crippen MR) is 147 cm³/mol. The molecule has 0 aromatic carbocycles. The van der Waals surface area contributed by atoms with E-state index in [1.54, 1.807) is 27.7 Å². The van der Waals surface area contributed by atoms with Gasteiger partial charge in [0, 0.05) is 45.2 Å². The van der Waals surface area contributed by atoms with Crippen LogP contribution in [0.3, 0.4) is 0 Å². The highest BCUT2D eigenvalue weighted by atomic mass is 16.9. The summed E-state index contributed by atoms with van der Waals surface area (Å²) in [7, 11) is 0. The van der Waals surface area contributed by atoms with Gasteiger partial charge in [-0.25, -0.2) is 4.79 Å². The zero-order valence-corrected chi connectivity index (χ0v) is 25.9. The molecule has 2 atom stereocenters. The monoisotopic (exact) mass is 560 g/mol. The van der Waals surface area contributed by atoms with Crippen LogP contribution in [0.5, 0.6) is 0 Å². The van der Waals surface area contributed by atoms with Gasteiger partial charge in [0.1, 0.15) is 0 Å². The lowest BCUT2D eigenvalue weighted by Crippen LogP contribution is -2.84. The molecular weight excluding hydrogens is 508 g/mol. The van der Waals surface area contributed by atoms with Crippen molar-refractivity contribution < 1.29 is 47.4 Å². The topological polar surface area (TPSA) is 100 Å². The van der Waals surface area contributed by atoms with Gasteiger partial charge in [-0.05, 0) is 68.7 Å². The summed E-state index contributed by atoms with van der Waals surface area (Å²) in [6.07, 6.45) is 1.00. The molecule has 0 N–H and O–H groups in total. The van der Waals surface area contributed by atoms with E-state index < -0.39 is 28.9 Å². The van der Waals surface area contributed by atoms with E-state index in [1.807, 2.05) is 41.5 Å². The molecule has 0 bridgehead atoms. The van der Waals surface area contributed by atoms with Gasteiger partial charge in [0.05, 0.1) is 13.2 Å². The Balaban J connectivity index is 4.75. The summed E-state index contributed by atoms with van der Waals surface area (Å²) < 4.78 is 58.5. The first-order chi connectivity index (χ1) is 18.6. The van der Waals surface area contributed by atoms with Crippen molar-refractivity contribution in [1.82, 2.24) is 0 Å². The molecule has 0 aromatic heterocycles. The first kappa shape index (κ1) is 35.3. The van der Waals surface area contributed by atoms with E-state index in [1.165, 1.54) is 0 Å². The predicted octanol–water partition coefficient (Wildman–Crippen LogP) is 5.25.